The van der Waals surface area contributed by atoms with Gasteiger partial charge in [-0.15, -0.1) is 11.6 Å². The third-order valence-electron chi connectivity index (χ3n) is 2.89. The van der Waals surface area contributed by atoms with E-state index in [-0.39, 0.29) is 12.0 Å². The number of hydrogen-bond acceptors (Lipinski definition) is 2. The zero-order valence-corrected chi connectivity index (χ0v) is 11.7. The smallest absolute Gasteiger partial charge is 0.254 e. The molecule has 1 fully saturated rings. The van der Waals surface area contributed by atoms with Crippen LogP contribution in [0.15, 0.2) is 18.2 Å². The first kappa shape index (κ1) is 13.7. The molecule has 1 unspecified atom stereocenters. The predicted molar refractivity (Wildman–Crippen MR) is 72.6 cm³/mol. The minimum absolute atomic E-state index is 0.0148. The van der Waals surface area contributed by atoms with Crippen molar-refractivity contribution in [3.05, 3.63) is 34.3 Å². The Kier molecular flexibility index (Phi) is 4.49. The van der Waals surface area contributed by atoms with Gasteiger partial charge in [-0.2, -0.15) is 0 Å². The van der Waals surface area contributed by atoms with Crippen LogP contribution in [0, 0.1) is 6.92 Å². The van der Waals surface area contributed by atoms with Crippen molar-refractivity contribution in [2.45, 2.75) is 13.0 Å². The minimum atomic E-state index is -0.0790. The van der Waals surface area contributed by atoms with Crippen LogP contribution in [0.3, 0.4) is 0 Å². The van der Waals surface area contributed by atoms with Crippen LogP contribution in [-0.4, -0.2) is 42.5 Å². The van der Waals surface area contributed by atoms with Gasteiger partial charge in [0, 0.05) is 23.7 Å². The van der Waals surface area contributed by atoms with Gasteiger partial charge in [-0.3, -0.25) is 4.79 Å². The summed E-state index contributed by atoms with van der Waals surface area (Å²) in [5.41, 5.74) is 1.60. The largest absolute Gasteiger partial charge is 0.373 e. The lowest BCUT2D eigenvalue weighted by Crippen LogP contribution is -2.46. The van der Waals surface area contributed by atoms with Crippen molar-refractivity contribution in [1.82, 2.24) is 4.90 Å². The van der Waals surface area contributed by atoms with E-state index in [1.54, 1.807) is 11.0 Å². The normalized spacial score (nSPS) is 19.9. The van der Waals surface area contributed by atoms with Crippen LogP contribution < -0.4 is 0 Å². The Morgan fingerprint density at radius 3 is 2.94 bits per heavy atom. The van der Waals surface area contributed by atoms with Gasteiger partial charge in [0.1, 0.15) is 0 Å². The average Bonchev–Trinajstić information content (AvgIpc) is 2.37. The number of aryl methyl sites for hydroxylation is 1. The summed E-state index contributed by atoms with van der Waals surface area (Å²) in [5, 5.41) is 0.584. The molecule has 1 saturated heterocycles. The van der Waals surface area contributed by atoms with Gasteiger partial charge in [0.05, 0.1) is 18.6 Å². The van der Waals surface area contributed by atoms with Crippen LogP contribution in [0.25, 0.3) is 0 Å². The molecule has 1 atom stereocenters. The molecule has 1 aromatic carbocycles. The van der Waals surface area contributed by atoms with Gasteiger partial charge in [-0.1, -0.05) is 11.6 Å². The average molecular weight is 288 g/mol. The summed E-state index contributed by atoms with van der Waals surface area (Å²) >= 11 is 11.7. The van der Waals surface area contributed by atoms with Crippen LogP contribution in [0.4, 0.5) is 0 Å². The van der Waals surface area contributed by atoms with Crippen LogP contribution in [0.1, 0.15) is 15.9 Å². The number of ether oxygens (including phenoxy) is 1. The highest BCUT2D eigenvalue weighted by Crippen LogP contribution is 2.17. The van der Waals surface area contributed by atoms with Crippen molar-refractivity contribution < 1.29 is 9.53 Å². The highest BCUT2D eigenvalue weighted by atomic mass is 35.5. The topological polar surface area (TPSA) is 29.5 Å². The number of halogens is 2. The van der Waals surface area contributed by atoms with Gasteiger partial charge in [-0.05, 0) is 30.7 Å². The van der Waals surface area contributed by atoms with Gasteiger partial charge in [0.2, 0.25) is 0 Å². The fraction of sp³-hybridized carbons (Fsp3) is 0.462. The van der Waals surface area contributed by atoms with Crippen molar-refractivity contribution in [2.75, 3.05) is 25.6 Å². The number of amides is 1. The molecular formula is C13H15Cl2NO2. The van der Waals surface area contributed by atoms with E-state index in [0.29, 0.717) is 36.2 Å². The summed E-state index contributed by atoms with van der Waals surface area (Å²) in [4.78, 5) is 14.1. The predicted octanol–water partition coefficient (Wildman–Crippen LogP) is 2.73. The van der Waals surface area contributed by atoms with E-state index in [0.717, 1.165) is 5.56 Å². The standard InChI is InChI=1S/C13H15Cl2NO2/c1-9-4-10(6-11(15)5-9)13(17)16-2-3-18-12(7-14)8-16/h4-6,12H,2-3,7-8H2,1H3. The number of hydrogen-bond donors (Lipinski definition) is 0. The second-order valence-electron chi connectivity index (χ2n) is 4.42. The molecule has 1 heterocycles. The maximum atomic E-state index is 12.3. The molecule has 1 amide bonds. The van der Waals surface area contributed by atoms with Crippen LogP contribution in [-0.2, 0) is 4.74 Å². The summed E-state index contributed by atoms with van der Waals surface area (Å²) in [7, 11) is 0. The monoisotopic (exact) mass is 287 g/mol. The summed E-state index contributed by atoms with van der Waals surface area (Å²) in [5.74, 6) is 0.386. The van der Waals surface area contributed by atoms with Crippen LogP contribution in [0.5, 0.6) is 0 Å². The maximum Gasteiger partial charge on any atom is 0.254 e. The SMILES string of the molecule is Cc1cc(Cl)cc(C(=O)N2CCOC(CCl)C2)c1. The van der Waals surface area contributed by atoms with E-state index >= 15 is 0 Å². The molecule has 0 saturated carbocycles. The van der Waals surface area contributed by atoms with Gasteiger partial charge in [0.25, 0.3) is 5.91 Å². The van der Waals surface area contributed by atoms with Crippen molar-refractivity contribution in [1.29, 1.82) is 0 Å². The summed E-state index contributed by atoms with van der Waals surface area (Å²) in [6, 6.07) is 5.38. The third kappa shape index (κ3) is 3.16. The lowest BCUT2D eigenvalue weighted by atomic mass is 10.1. The summed E-state index contributed by atoms with van der Waals surface area (Å²) < 4.78 is 5.44. The fourth-order valence-corrected chi connectivity index (χ4v) is 2.52. The molecular weight excluding hydrogens is 273 g/mol. The Balaban J connectivity index is 2.15. The summed E-state index contributed by atoms with van der Waals surface area (Å²) in [6.45, 7) is 3.58. The molecule has 0 spiro atoms. The van der Waals surface area contributed by atoms with E-state index in [9.17, 15) is 4.79 Å². The zero-order valence-electron chi connectivity index (χ0n) is 10.2. The van der Waals surface area contributed by atoms with Crippen molar-refractivity contribution in [3.8, 4) is 0 Å². The fourth-order valence-electron chi connectivity index (χ4n) is 2.04. The molecule has 98 valence electrons. The Morgan fingerprint density at radius 1 is 1.50 bits per heavy atom. The number of benzene rings is 1. The Morgan fingerprint density at radius 2 is 2.28 bits per heavy atom. The first-order valence-electron chi connectivity index (χ1n) is 5.84. The van der Waals surface area contributed by atoms with Crippen molar-refractivity contribution in [2.24, 2.45) is 0 Å². The molecule has 5 heteroatoms. The first-order chi connectivity index (χ1) is 8.60. The minimum Gasteiger partial charge on any atom is -0.373 e. The molecule has 1 aliphatic rings. The number of carbonyl (C=O) groups excluding carboxylic acids is 1. The molecule has 1 aromatic rings. The molecule has 0 N–H and O–H groups in total. The molecule has 18 heavy (non-hydrogen) atoms. The Labute approximate surface area is 117 Å². The van der Waals surface area contributed by atoms with Crippen molar-refractivity contribution in [3.63, 3.8) is 0 Å². The molecule has 0 aromatic heterocycles. The zero-order chi connectivity index (χ0) is 13.1. The lowest BCUT2D eigenvalue weighted by Gasteiger charge is -2.32. The van der Waals surface area contributed by atoms with E-state index in [4.69, 9.17) is 27.9 Å². The van der Waals surface area contributed by atoms with Crippen LogP contribution in [0.2, 0.25) is 5.02 Å². The lowest BCUT2D eigenvalue weighted by molar-refractivity contribution is -0.0108. The number of rotatable bonds is 2. The highest BCUT2D eigenvalue weighted by Gasteiger charge is 2.24. The van der Waals surface area contributed by atoms with Gasteiger partial charge >= 0.3 is 0 Å². The maximum absolute atomic E-state index is 12.3. The Bertz CT molecular complexity index is 430. The highest BCUT2D eigenvalue weighted by molar-refractivity contribution is 6.31. The second kappa shape index (κ2) is 5.91. The van der Waals surface area contributed by atoms with Gasteiger partial charge in [-0.25, -0.2) is 0 Å². The van der Waals surface area contributed by atoms with Crippen LogP contribution >= 0.6 is 23.2 Å². The first-order valence-corrected chi connectivity index (χ1v) is 6.75. The number of alkyl halides is 1. The number of carbonyl (C=O) groups is 1. The number of nitrogens with zero attached hydrogens (tertiary/aromatic N) is 1. The Hall–Kier alpha value is -0.770. The molecule has 0 radical (unpaired) electrons. The quantitative estimate of drug-likeness (QED) is 0.783. The van der Waals surface area contributed by atoms with E-state index in [2.05, 4.69) is 0 Å². The van der Waals surface area contributed by atoms with E-state index in [1.807, 2.05) is 19.1 Å². The van der Waals surface area contributed by atoms with Crippen molar-refractivity contribution >= 4 is 29.1 Å². The second-order valence-corrected chi connectivity index (χ2v) is 5.16. The molecule has 0 bridgehead atoms. The van der Waals surface area contributed by atoms with E-state index in [1.165, 1.54) is 0 Å². The van der Waals surface area contributed by atoms with E-state index < -0.39 is 0 Å². The molecule has 3 nitrogen and oxygen atoms in total. The van der Waals surface area contributed by atoms with Gasteiger partial charge < -0.3 is 9.64 Å². The number of morpholine rings is 1. The molecule has 0 aliphatic carbocycles. The van der Waals surface area contributed by atoms with Gasteiger partial charge in [0.15, 0.2) is 0 Å². The molecule has 2 rings (SSSR count). The molecule has 1 aliphatic heterocycles. The summed E-state index contributed by atoms with van der Waals surface area (Å²) in [6.07, 6.45) is -0.0790. The third-order valence-corrected chi connectivity index (χ3v) is 3.45.